The average Bonchev–Trinajstić information content (AvgIpc) is 2.51. The van der Waals surface area contributed by atoms with E-state index in [4.69, 9.17) is 18.9 Å². The van der Waals surface area contributed by atoms with Gasteiger partial charge < -0.3 is 29.2 Å². The van der Waals surface area contributed by atoms with Gasteiger partial charge in [-0.2, -0.15) is 0 Å². The zero-order valence-corrected chi connectivity index (χ0v) is 11.1. The number of benzene rings is 1. The number of methoxy groups -OCH3 is 1. The molecule has 0 saturated carbocycles. The van der Waals surface area contributed by atoms with Gasteiger partial charge in [0.25, 0.3) is 0 Å². The summed E-state index contributed by atoms with van der Waals surface area (Å²) < 4.78 is 21.9. The molecule has 0 radical (unpaired) electrons. The topological polar surface area (TPSA) is 77.4 Å². The van der Waals surface area contributed by atoms with E-state index in [9.17, 15) is 10.2 Å². The van der Waals surface area contributed by atoms with Gasteiger partial charge in [0.1, 0.15) is 24.4 Å². The fraction of sp³-hybridized carbons (Fsp3) is 0.571. The lowest BCUT2D eigenvalue weighted by Crippen LogP contribution is -2.62. The van der Waals surface area contributed by atoms with Crippen molar-refractivity contribution in [3.05, 3.63) is 35.9 Å². The summed E-state index contributed by atoms with van der Waals surface area (Å²) in [5, 5.41) is 20.1. The number of fused-ring (bicyclic) bond motifs is 1. The van der Waals surface area contributed by atoms with Crippen LogP contribution in [0.3, 0.4) is 0 Å². The normalized spacial score (nSPS) is 41.1. The molecular formula is C14H18O6. The van der Waals surface area contributed by atoms with Crippen LogP contribution in [0.15, 0.2) is 30.3 Å². The first kappa shape index (κ1) is 13.9. The second kappa shape index (κ2) is 5.77. The van der Waals surface area contributed by atoms with Crippen molar-refractivity contribution < 1.29 is 29.2 Å². The number of rotatable bonds is 2. The Balaban J connectivity index is 1.74. The van der Waals surface area contributed by atoms with Gasteiger partial charge in [-0.05, 0) is 0 Å². The molecule has 2 heterocycles. The number of aliphatic hydroxyl groups excluding tert-OH is 2. The molecule has 0 spiro atoms. The minimum Gasteiger partial charge on any atom is -0.387 e. The van der Waals surface area contributed by atoms with E-state index < -0.39 is 37.0 Å². The second-order valence-corrected chi connectivity index (χ2v) is 4.94. The molecular weight excluding hydrogens is 264 g/mol. The quantitative estimate of drug-likeness (QED) is 0.806. The number of hydrogen-bond acceptors (Lipinski definition) is 6. The number of ether oxygens (including phenoxy) is 4. The molecule has 6 heteroatoms. The molecule has 0 aromatic heterocycles. The van der Waals surface area contributed by atoms with Crippen LogP contribution in [0.25, 0.3) is 0 Å². The zero-order chi connectivity index (χ0) is 14.1. The maximum atomic E-state index is 10.1. The summed E-state index contributed by atoms with van der Waals surface area (Å²) in [5.41, 5.74) is 0.863. The lowest BCUT2D eigenvalue weighted by atomic mass is 9.98. The average molecular weight is 282 g/mol. The zero-order valence-electron chi connectivity index (χ0n) is 11.1. The van der Waals surface area contributed by atoms with Crippen molar-refractivity contribution in [3.63, 3.8) is 0 Å². The summed E-state index contributed by atoms with van der Waals surface area (Å²) in [6.07, 6.45) is -4.76. The largest absolute Gasteiger partial charge is 0.387 e. The van der Waals surface area contributed by atoms with E-state index in [1.54, 1.807) is 0 Å². The van der Waals surface area contributed by atoms with Gasteiger partial charge in [-0.25, -0.2) is 0 Å². The predicted octanol–water partition coefficient (Wildman–Crippen LogP) is 0.194. The van der Waals surface area contributed by atoms with Gasteiger partial charge in [0.2, 0.25) is 0 Å². The van der Waals surface area contributed by atoms with Crippen molar-refractivity contribution in [3.8, 4) is 0 Å². The van der Waals surface area contributed by atoms with E-state index in [0.717, 1.165) is 5.56 Å². The molecule has 0 bridgehead atoms. The molecule has 3 unspecified atom stereocenters. The molecule has 3 rings (SSSR count). The molecule has 110 valence electrons. The van der Waals surface area contributed by atoms with Crippen LogP contribution in [0.4, 0.5) is 0 Å². The maximum Gasteiger partial charge on any atom is 0.186 e. The van der Waals surface area contributed by atoms with E-state index in [0.29, 0.717) is 0 Å². The molecule has 2 N–H and O–H groups in total. The van der Waals surface area contributed by atoms with Crippen LogP contribution in [0, 0.1) is 0 Å². The summed E-state index contributed by atoms with van der Waals surface area (Å²) in [7, 11) is 1.41. The monoisotopic (exact) mass is 282 g/mol. The van der Waals surface area contributed by atoms with Crippen molar-refractivity contribution in [1.82, 2.24) is 0 Å². The van der Waals surface area contributed by atoms with Crippen LogP contribution >= 0.6 is 0 Å². The predicted molar refractivity (Wildman–Crippen MR) is 67.7 cm³/mol. The first-order valence-electron chi connectivity index (χ1n) is 6.57. The molecule has 0 amide bonds. The molecule has 0 aliphatic carbocycles. The van der Waals surface area contributed by atoms with Crippen LogP contribution in [-0.4, -0.2) is 54.6 Å². The SMILES string of the molecule is CO[C@H]1OC2COC(c3ccccc3)O[C@H]2[C@H](O)C1O. The van der Waals surface area contributed by atoms with Crippen LogP contribution in [0.1, 0.15) is 11.9 Å². The fourth-order valence-electron chi connectivity index (χ4n) is 2.55. The second-order valence-electron chi connectivity index (χ2n) is 4.94. The standard InChI is InChI=1S/C14H18O6/c1-17-14-11(16)10(15)12-9(19-14)7-18-13(20-12)8-5-3-2-4-6-8/h2-6,9-16H,7H2,1H3/t9?,10-,11?,12-,13?,14+/m1/s1. The van der Waals surface area contributed by atoms with Crippen molar-refractivity contribution in [2.75, 3.05) is 13.7 Å². The molecule has 2 aliphatic heterocycles. The van der Waals surface area contributed by atoms with Gasteiger partial charge in [-0.1, -0.05) is 30.3 Å². The number of hydrogen-bond donors (Lipinski definition) is 2. The highest BCUT2D eigenvalue weighted by molar-refractivity contribution is 5.16. The first-order chi connectivity index (χ1) is 9.70. The highest BCUT2D eigenvalue weighted by Crippen LogP contribution is 2.33. The summed E-state index contributed by atoms with van der Waals surface area (Å²) in [6, 6.07) is 9.45. The van der Waals surface area contributed by atoms with Gasteiger partial charge in [-0.15, -0.1) is 0 Å². The first-order valence-corrected chi connectivity index (χ1v) is 6.57. The Morgan fingerprint density at radius 1 is 1.10 bits per heavy atom. The smallest absolute Gasteiger partial charge is 0.186 e. The van der Waals surface area contributed by atoms with Crippen LogP contribution in [0.5, 0.6) is 0 Å². The molecule has 6 atom stereocenters. The molecule has 2 aliphatic rings. The van der Waals surface area contributed by atoms with Crippen molar-refractivity contribution in [1.29, 1.82) is 0 Å². The van der Waals surface area contributed by atoms with E-state index in [1.807, 2.05) is 30.3 Å². The van der Waals surface area contributed by atoms with Crippen molar-refractivity contribution in [2.45, 2.75) is 37.0 Å². The highest BCUT2D eigenvalue weighted by atomic mass is 16.7. The third-order valence-corrected chi connectivity index (χ3v) is 3.64. The molecule has 20 heavy (non-hydrogen) atoms. The third-order valence-electron chi connectivity index (χ3n) is 3.64. The maximum absolute atomic E-state index is 10.1. The summed E-state index contributed by atoms with van der Waals surface area (Å²) in [5.74, 6) is 0. The third kappa shape index (κ3) is 2.46. The van der Waals surface area contributed by atoms with Crippen LogP contribution < -0.4 is 0 Å². The van der Waals surface area contributed by atoms with E-state index in [-0.39, 0.29) is 6.61 Å². The Hall–Kier alpha value is -1.02. The fourth-order valence-corrected chi connectivity index (χ4v) is 2.55. The van der Waals surface area contributed by atoms with Gasteiger partial charge in [-0.3, -0.25) is 0 Å². The Morgan fingerprint density at radius 3 is 2.55 bits per heavy atom. The molecule has 6 nitrogen and oxygen atoms in total. The lowest BCUT2D eigenvalue weighted by molar-refractivity contribution is -0.358. The summed E-state index contributed by atoms with van der Waals surface area (Å²) in [4.78, 5) is 0. The van der Waals surface area contributed by atoms with Crippen LogP contribution in [-0.2, 0) is 18.9 Å². The van der Waals surface area contributed by atoms with Gasteiger partial charge >= 0.3 is 0 Å². The number of aliphatic hydroxyl groups is 2. The molecule has 1 aromatic carbocycles. The van der Waals surface area contributed by atoms with Gasteiger partial charge in [0.15, 0.2) is 12.6 Å². The minimum absolute atomic E-state index is 0.272. The summed E-state index contributed by atoms with van der Waals surface area (Å²) in [6.45, 7) is 0.272. The highest BCUT2D eigenvalue weighted by Gasteiger charge is 2.48. The molecule has 2 saturated heterocycles. The Bertz CT molecular complexity index is 437. The van der Waals surface area contributed by atoms with Crippen molar-refractivity contribution >= 4 is 0 Å². The summed E-state index contributed by atoms with van der Waals surface area (Å²) >= 11 is 0. The van der Waals surface area contributed by atoms with Gasteiger partial charge in [0.05, 0.1) is 6.61 Å². The van der Waals surface area contributed by atoms with E-state index in [1.165, 1.54) is 7.11 Å². The van der Waals surface area contributed by atoms with E-state index >= 15 is 0 Å². The molecule has 1 aromatic rings. The molecule has 2 fully saturated rings. The van der Waals surface area contributed by atoms with Gasteiger partial charge in [0, 0.05) is 12.7 Å². The Morgan fingerprint density at radius 2 is 1.85 bits per heavy atom. The van der Waals surface area contributed by atoms with Crippen molar-refractivity contribution in [2.24, 2.45) is 0 Å². The van der Waals surface area contributed by atoms with Crippen LogP contribution in [0.2, 0.25) is 0 Å². The Kier molecular flexibility index (Phi) is 4.02. The Labute approximate surface area is 116 Å². The minimum atomic E-state index is -1.14. The lowest BCUT2D eigenvalue weighted by Gasteiger charge is -2.45. The van der Waals surface area contributed by atoms with E-state index in [2.05, 4.69) is 0 Å².